The van der Waals surface area contributed by atoms with Crippen LogP contribution in [0.4, 0.5) is 0 Å². The highest BCUT2D eigenvalue weighted by molar-refractivity contribution is 5.98. The lowest BCUT2D eigenvalue weighted by Gasteiger charge is -2.10. The van der Waals surface area contributed by atoms with Gasteiger partial charge in [-0.05, 0) is 35.9 Å². The number of carbonyl (C=O) groups excluding carboxylic acids is 1. The maximum atomic E-state index is 11.4. The molecule has 0 bridgehead atoms. The minimum Gasteiger partial charge on any atom is -0.496 e. The fraction of sp³-hybridized carbons (Fsp3) is 0.0667. The van der Waals surface area contributed by atoms with Crippen molar-refractivity contribution < 1.29 is 9.53 Å². The Bertz CT molecular complexity index is 793. The Hall–Kier alpha value is -2.82. The smallest absolute Gasteiger partial charge is 0.248 e. The summed E-state index contributed by atoms with van der Waals surface area (Å²) < 4.78 is 5.38. The van der Waals surface area contributed by atoms with E-state index in [-0.39, 0.29) is 0 Å². The number of fused-ring (bicyclic) bond motifs is 1. The SMILES string of the molecule is COc1ccc(C(N)=O)cc1-c1ccnc2[nH]ccc12. The molecule has 0 aliphatic heterocycles. The van der Waals surface area contributed by atoms with Crippen molar-refractivity contribution in [3.05, 3.63) is 48.3 Å². The van der Waals surface area contributed by atoms with Gasteiger partial charge in [0.05, 0.1) is 7.11 Å². The van der Waals surface area contributed by atoms with Crippen molar-refractivity contribution in [2.45, 2.75) is 0 Å². The van der Waals surface area contributed by atoms with E-state index in [1.165, 1.54) is 0 Å². The van der Waals surface area contributed by atoms with Crippen LogP contribution < -0.4 is 10.5 Å². The van der Waals surface area contributed by atoms with E-state index in [9.17, 15) is 4.79 Å². The summed E-state index contributed by atoms with van der Waals surface area (Å²) in [5.41, 5.74) is 8.33. The van der Waals surface area contributed by atoms with Gasteiger partial charge in [-0.15, -0.1) is 0 Å². The molecule has 1 aromatic carbocycles. The average molecular weight is 267 g/mol. The van der Waals surface area contributed by atoms with Crippen molar-refractivity contribution >= 4 is 16.9 Å². The number of amides is 1. The number of nitrogens with one attached hydrogen (secondary N) is 1. The van der Waals surface area contributed by atoms with E-state index >= 15 is 0 Å². The summed E-state index contributed by atoms with van der Waals surface area (Å²) in [5, 5.41) is 0.965. The Morgan fingerprint density at radius 3 is 2.85 bits per heavy atom. The van der Waals surface area contributed by atoms with Crippen LogP contribution in [0, 0.1) is 0 Å². The van der Waals surface area contributed by atoms with Crippen molar-refractivity contribution in [3.63, 3.8) is 0 Å². The minimum absolute atomic E-state index is 0.446. The van der Waals surface area contributed by atoms with Gasteiger partial charge >= 0.3 is 0 Å². The molecule has 0 saturated heterocycles. The van der Waals surface area contributed by atoms with E-state index in [1.807, 2.05) is 18.3 Å². The molecule has 0 spiro atoms. The second-order valence-corrected chi connectivity index (χ2v) is 4.38. The van der Waals surface area contributed by atoms with Gasteiger partial charge in [0.15, 0.2) is 0 Å². The summed E-state index contributed by atoms with van der Waals surface area (Å²) in [7, 11) is 1.60. The fourth-order valence-corrected chi connectivity index (χ4v) is 2.27. The molecule has 0 unspecified atom stereocenters. The Kier molecular flexibility index (Phi) is 2.87. The monoisotopic (exact) mass is 267 g/mol. The van der Waals surface area contributed by atoms with Crippen LogP contribution >= 0.6 is 0 Å². The van der Waals surface area contributed by atoms with Gasteiger partial charge in [-0.25, -0.2) is 4.98 Å². The Morgan fingerprint density at radius 1 is 1.25 bits per heavy atom. The highest BCUT2D eigenvalue weighted by atomic mass is 16.5. The Labute approximate surface area is 115 Å². The Morgan fingerprint density at radius 2 is 2.10 bits per heavy atom. The van der Waals surface area contributed by atoms with Crippen molar-refractivity contribution in [2.24, 2.45) is 5.73 Å². The highest BCUT2D eigenvalue weighted by Gasteiger charge is 2.13. The van der Waals surface area contributed by atoms with Crippen LogP contribution in [-0.2, 0) is 0 Å². The number of ether oxygens (including phenoxy) is 1. The highest BCUT2D eigenvalue weighted by Crippen LogP contribution is 2.34. The van der Waals surface area contributed by atoms with Gasteiger partial charge in [-0.2, -0.15) is 0 Å². The van der Waals surface area contributed by atoms with Crippen molar-refractivity contribution in [1.82, 2.24) is 9.97 Å². The van der Waals surface area contributed by atoms with Crippen molar-refractivity contribution in [1.29, 1.82) is 0 Å². The first-order valence-electron chi connectivity index (χ1n) is 6.11. The number of hydrogen-bond donors (Lipinski definition) is 2. The zero-order chi connectivity index (χ0) is 14.1. The van der Waals surface area contributed by atoms with Crippen molar-refractivity contribution in [2.75, 3.05) is 7.11 Å². The molecular formula is C15H13N3O2. The number of carbonyl (C=O) groups is 1. The minimum atomic E-state index is -0.465. The number of methoxy groups -OCH3 is 1. The molecule has 0 saturated carbocycles. The lowest BCUT2D eigenvalue weighted by Crippen LogP contribution is -2.10. The van der Waals surface area contributed by atoms with Crippen LogP contribution in [0.5, 0.6) is 5.75 Å². The van der Waals surface area contributed by atoms with Crippen LogP contribution in [-0.4, -0.2) is 23.0 Å². The first kappa shape index (κ1) is 12.2. The summed E-state index contributed by atoms with van der Waals surface area (Å²) in [6, 6.07) is 8.96. The number of pyridine rings is 1. The third kappa shape index (κ3) is 1.89. The van der Waals surface area contributed by atoms with Gasteiger partial charge in [0.2, 0.25) is 5.91 Å². The molecule has 1 amide bonds. The summed E-state index contributed by atoms with van der Waals surface area (Å²) in [6.07, 6.45) is 3.54. The molecule has 3 rings (SSSR count). The number of hydrogen-bond acceptors (Lipinski definition) is 3. The van der Waals surface area contributed by atoms with E-state index < -0.39 is 5.91 Å². The predicted molar refractivity (Wildman–Crippen MR) is 76.6 cm³/mol. The van der Waals surface area contributed by atoms with Crippen LogP contribution in [0.15, 0.2) is 42.7 Å². The number of aromatic amines is 1. The zero-order valence-corrected chi connectivity index (χ0v) is 10.9. The average Bonchev–Trinajstić information content (AvgIpc) is 2.94. The van der Waals surface area contributed by atoms with Gasteiger partial charge in [-0.3, -0.25) is 4.79 Å². The fourth-order valence-electron chi connectivity index (χ4n) is 2.27. The third-order valence-electron chi connectivity index (χ3n) is 3.23. The molecular weight excluding hydrogens is 254 g/mol. The van der Waals surface area contributed by atoms with E-state index in [4.69, 9.17) is 10.5 Å². The number of rotatable bonds is 3. The molecule has 0 radical (unpaired) electrons. The number of primary amides is 1. The number of benzene rings is 1. The van der Waals surface area contributed by atoms with E-state index in [0.717, 1.165) is 22.2 Å². The predicted octanol–water partition coefficient (Wildman–Crippen LogP) is 2.34. The van der Waals surface area contributed by atoms with Gasteiger partial charge in [-0.1, -0.05) is 0 Å². The van der Waals surface area contributed by atoms with Crippen molar-refractivity contribution in [3.8, 4) is 16.9 Å². The molecule has 20 heavy (non-hydrogen) atoms. The van der Waals surface area contributed by atoms with Gasteiger partial charge in [0.1, 0.15) is 11.4 Å². The summed E-state index contributed by atoms with van der Waals surface area (Å²) in [6.45, 7) is 0. The molecule has 5 nitrogen and oxygen atoms in total. The van der Waals surface area contributed by atoms with E-state index in [2.05, 4.69) is 9.97 Å². The van der Waals surface area contributed by atoms with Crippen LogP contribution in [0.3, 0.4) is 0 Å². The second kappa shape index (κ2) is 4.70. The van der Waals surface area contributed by atoms with Gasteiger partial charge in [0, 0.05) is 28.9 Å². The summed E-state index contributed by atoms with van der Waals surface area (Å²) in [5.74, 6) is 0.219. The largest absolute Gasteiger partial charge is 0.496 e. The third-order valence-corrected chi connectivity index (χ3v) is 3.23. The standard InChI is InChI=1S/C15H13N3O2/c1-20-13-3-2-9(14(16)19)8-12(13)10-4-6-17-15-11(10)5-7-18-15/h2-8H,1H3,(H2,16,19)(H,17,18). The van der Waals surface area contributed by atoms with E-state index in [0.29, 0.717) is 11.3 Å². The topological polar surface area (TPSA) is 81.0 Å². The number of nitrogens with two attached hydrogens (primary N) is 1. The quantitative estimate of drug-likeness (QED) is 0.764. The maximum absolute atomic E-state index is 11.4. The maximum Gasteiger partial charge on any atom is 0.248 e. The molecule has 5 heteroatoms. The molecule has 2 heterocycles. The summed E-state index contributed by atoms with van der Waals surface area (Å²) in [4.78, 5) is 18.7. The first-order chi connectivity index (χ1) is 9.70. The van der Waals surface area contributed by atoms with Crippen LogP contribution in [0.25, 0.3) is 22.2 Å². The molecule has 0 aliphatic rings. The molecule has 100 valence electrons. The normalized spacial score (nSPS) is 10.7. The molecule has 0 atom stereocenters. The van der Waals surface area contributed by atoms with Crippen LogP contribution in [0.1, 0.15) is 10.4 Å². The van der Waals surface area contributed by atoms with Gasteiger partial charge in [0.25, 0.3) is 0 Å². The van der Waals surface area contributed by atoms with E-state index in [1.54, 1.807) is 31.5 Å². The first-order valence-corrected chi connectivity index (χ1v) is 6.11. The number of nitrogens with zero attached hydrogens (tertiary/aromatic N) is 1. The number of H-pyrrole nitrogens is 1. The molecule has 3 aromatic rings. The zero-order valence-electron chi connectivity index (χ0n) is 10.9. The Balaban J connectivity index is 2.29. The second-order valence-electron chi connectivity index (χ2n) is 4.38. The summed E-state index contributed by atoms with van der Waals surface area (Å²) >= 11 is 0. The van der Waals surface area contributed by atoms with Crippen LogP contribution in [0.2, 0.25) is 0 Å². The molecule has 3 N–H and O–H groups in total. The molecule has 2 aromatic heterocycles. The number of aromatic nitrogens is 2. The molecule has 0 aliphatic carbocycles. The lowest BCUT2D eigenvalue weighted by molar-refractivity contribution is 0.100. The van der Waals surface area contributed by atoms with Gasteiger partial charge < -0.3 is 15.5 Å². The lowest BCUT2D eigenvalue weighted by atomic mass is 10.00. The molecule has 0 fully saturated rings.